The number of rotatable bonds is 4. The fourth-order valence-corrected chi connectivity index (χ4v) is 2.35. The minimum absolute atomic E-state index is 0.290. The quantitative estimate of drug-likeness (QED) is 0.920. The molecule has 1 heterocycles. The maximum atomic E-state index is 13.5. The third kappa shape index (κ3) is 3.13. The summed E-state index contributed by atoms with van der Waals surface area (Å²) in [7, 11) is 0. The Balaban J connectivity index is 1.96. The van der Waals surface area contributed by atoms with E-state index in [1.54, 1.807) is 17.4 Å². The Labute approximate surface area is 109 Å². The number of aryl methyl sites for hydroxylation is 1. The molecule has 2 rings (SSSR count). The van der Waals surface area contributed by atoms with Crippen LogP contribution in [-0.2, 0) is 13.1 Å². The molecular formula is C13H12FN3S. The van der Waals surface area contributed by atoms with Crippen LogP contribution in [0.1, 0.15) is 21.0 Å². The van der Waals surface area contributed by atoms with E-state index >= 15 is 0 Å². The number of nitrogens with zero attached hydrogens (tertiary/aromatic N) is 2. The molecule has 0 aliphatic rings. The molecule has 5 heteroatoms. The summed E-state index contributed by atoms with van der Waals surface area (Å²) in [6.07, 6.45) is 1.81. The van der Waals surface area contributed by atoms with Crippen LogP contribution < -0.4 is 5.32 Å². The van der Waals surface area contributed by atoms with Gasteiger partial charge in [-0.2, -0.15) is 5.26 Å². The molecule has 92 valence electrons. The van der Waals surface area contributed by atoms with Gasteiger partial charge in [-0.1, -0.05) is 0 Å². The fourth-order valence-electron chi connectivity index (χ4n) is 1.59. The van der Waals surface area contributed by atoms with E-state index in [9.17, 15) is 4.39 Å². The number of thiazole rings is 1. The molecule has 1 N–H and O–H groups in total. The molecule has 1 aromatic heterocycles. The van der Waals surface area contributed by atoms with E-state index in [4.69, 9.17) is 5.26 Å². The average molecular weight is 261 g/mol. The second-order valence-electron chi connectivity index (χ2n) is 3.87. The number of aromatic nitrogens is 1. The van der Waals surface area contributed by atoms with Crippen LogP contribution in [0.25, 0.3) is 0 Å². The topological polar surface area (TPSA) is 48.7 Å². The molecule has 0 unspecified atom stereocenters. The van der Waals surface area contributed by atoms with Crippen molar-refractivity contribution in [1.82, 2.24) is 10.3 Å². The van der Waals surface area contributed by atoms with Gasteiger partial charge in [-0.15, -0.1) is 11.3 Å². The van der Waals surface area contributed by atoms with Crippen molar-refractivity contribution in [3.63, 3.8) is 0 Å². The molecule has 3 nitrogen and oxygen atoms in total. The van der Waals surface area contributed by atoms with E-state index in [1.165, 1.54) is 12.1 Å². The Morgan fingerprint density at radius 1 is 1.44 bits per heavy atom. The Morgan fingerprint density at radius 2 is 2.28 bits per heavy atom. The maximum absolute atomic E-state index is 13.5. The van der Waals surface area contributed by atoms with Crippen molar-refractivity contribution >= 4 is 11.3 Å². The lowest BCUT2D eigenvalue weighted by Gasteiger charge is -2.05. The number of benzene rings is 1. The summed E-state index contributed by atoms with van der Waals surface area (Å²) in [5, 5.41) is 12.9. The molecule has 0 saturated heterocycles. The van der Waals surface area contributed by atoms with Crippen molar-refractivity contribution in [3.8, 4) is 6.07 Å². The zero-order valence-corrected chi connectivity index (χ0v) is 10.7. The first-order chi connectivity index (χ1) is 8.69. The van der Waals surface area contributed by atoms with Crippen molar-refractivity contribution in [2.75, 3.05) is 0 Å². The van der Waals surface area contributed by atoms with Crippen LogP contribution >= 0.6 is 11.3 Å². The average Bonchev–Trinajstić information content (AvgIpc) is 2.77. The number of hydrogen-bond donors (Lipinski definition) is 1. The van der Waals surface area contributed by atoms with Crippen molar-refractivity contribution in [1.29, 1.82) is 5.26 Å². The van der Waals surface area contributed by atoms with E-state index in [0.717, 1.165) is 9.88 Å². The van der Waals surface area contributed by atoms with Gasteiger partial charge in [0, 0.05) is 29.7 Å². The number of nitriles is 1. The molecule has 0 saturated carbocycles. The first-order valence-electron chi connectivity index (χ1n) is 5.49. The van der Waals surface area contributed by atoms with E-state index in [1.807, 2.05) is 19.2 Å². The SMILES string of the molecule is Cc1ncc(CNCc2cc(C#N)ccc2F)s1. The van der Waals surface area contributed by atoms with Crippen LogP contribution in [0, 0.1) is 24.1 Å². The largest absolute Gasteiger partial charge is 0.308 e. The smallest absolute Gasteiger partial charge is 0.127 e. The monoisotopic (exact) mass is 261 g/mol. The third-order valence-electron chi connectivity index (χ3n) is 2.46. The molecule has 0 aliphatic carbocycles. The molecule has 18 heavy (non-hydrogen) atoms. The van der Waals surface area contributed by atoms with E-state index in [2.05, 4.69) is 10.3 Å². The summed E-state index contributed by atoms with van der Waals surface area (Å²) in [5.74, 6) is -0.290. The molecule has 0 radical (unpaired) electrons. The van der Waals surface area contributed by atoms with Gasteiger partial charge in [0.25, 0.3) is 0 Å². The minimum atomic E-state index is -0.290. The molecule has 0 atom stereocenters. The van der Waals surface area contributed by atoms with Crippen LogP contribution in [-0.4, -0.2) is 4.98 Å². The van der Waals surface area contributed by atoms with Gasteiger partial charge in [-0.05, 0) is 25.1 Å². The van der Waals surface area contributed by atoms with E-state index in [-0.39, 0.29) is 5.82 Å². The van der Waals surface area contributed by atoms with Crippen molar-refractivity contribution in [2.24, 2.45) is 0 Å². The summed E-state index contributed by atoms with van der Waals surface area (Å²) < 4.78 is 13.5. The highest BCUT2D eigenvalue weighted by molar-refractivity contribution is 7.11. The summed E-state index contributed by atoms with van der Waals surface area (Å²) in [6.45, 7) is 3.00. The second kappa shape index (κ2) is 5.71. The van der Waals surface area contributed by atoms with Gasteiger partial charge in [0.15, 0.2) is 0 Å². The predicted octanol–water partition coefficient (Wildman–Crippen LogP) is 2.75. The van der Waals surface area contributed by atoms with Gasteiger partial charge in [0.05, 0.1) is 16.6 Å². The lowest BCUT2D eigenvalue weighted by Crippen LogP contribution is -2.13. The highest BCUT2D eigenvalue weighted by Crippen LogP contribution is 2.13. The first kappa shape index (κ1) is 12.7. The Hall–Kier alpha value is -1.77. The summed E-state index contributed by atoms with van der Waals surface area (Å²) in [4.78, 5) is 5.26. The molecule has 0 aliphatic heterocycles. The van der Waals surface area contributed by atoms with E-state index in [0.29, 0.717) is 24.2 Å². The van der Waals surface area contributed by atoms with Crippen LogP contribution in [0.3, 0.4) is 0 Å². The maximum Gasteiger partial charge on any atom is 0.127 e. The minimum Gasteiger partial charge on any atom is -0.308 e. The molecular weight excluding hydrogens is 249 g/mol. The molecule has 2 aromatic rings. The van der Waals surface area contributed by atoms with E-state index < -0.39 is 0 Å². The van der Waals surface area contributed by atoms with Gasteiger partial charge in [-0.25, -0.2) is 9.37 Å². The lowest BCUT2D eigenvalue weighted by atomic mass is 10.1. The normalized spacial score (nSPS) is 10.3. The zero-order valence-electron chi connectivity index (χ0n) is 9.90. The van der Waals surface area contributed by atoms with Crippen LogP contribution in [0.2, 0.25) is 0 Å². The number of halogens is 1. The highest BCUT2D eigenvalue weighted by atomic mass is 32.1. The van der Waals surface area contributed by atoms with Crippen molar-refractivity contribution < 1.29 is 4.39 Å². The fraction of sp³-hybridized carbons (Fsp3) is 0.231. The number of hydrogen-bond acceptors (Lipinski definition) is 4. The van der Waals surface area contributed by atoms with Gasteiger partial charge in [-0.3, -0.25) is 0 Å². The lowest BCUT2D eigenvalue weighted by molar-refractivity contribution is 0.588. The summed E-state index contributed by atoms with van der Waals surface area (Å²) in [5.41, 5.74) is 0.983. The number of nitrogens with one attached hydrogen (secondary N) is 1. The zero-order chi connectivity index (χ0) is 13.0. The Morgan fingerprint density at radius 3 is 2.94 bits per heavy atom. The predicted molar refractivity (Wildman–Crippen MR) is 68.5 cm³/mol. The highest BCUT2D eigenvalue weighted by Gasteiger charge is 2.04. The molecule has 0 fully saturated rings. The molecule has 0 amide bonds. The standard InChI is InChI=1S/C13H12FN3S/c1-9-17-8-12(18-9)7-16-6-11-4-10(5-15)2-3-13(11)14/h2-4,8,16H,6-7H2,1H3. The summed E-state index contributed by atoms with van der Waals surface area (Å²) in [6, 6.07) is 6.38. The summed E-state index contributed by atoms with van der Waals surface area (Å²) >= 11 is 1.62. The second-order valence-corrected chi connectivity index (χ2v) is 5.19. The molecule has 1 aromatic carbocycles. The van der Waals surface area contributed by atoms with Crippen LogP contribution in [0.15, 0.2) is 24.4 Å². The Kier molecular flexibility index (Phi) is 4.03. The van der Waals surface area contributed by atoms with Gasteiger partial charge < -0.3 is 5.32 Å². The van der Waals surface area contributed by atoms with Crippen molar-refractivity contribution in [3.05, 3.63) is 51.2 Å². The van der Waals surface area contributed by atoms with Gasteiger partial charge >= 0.3 is 0 Å². The molecule has 0 spiro atoms. The van der Waals surface area contributed by atoms with Crippen LogP contribution in [0.4, 0.5) is 4.39 Å². The molecule has 0 bridgehead atoms. The Bertz CT molecular complexity index is 586. The van der Waals surface area contributed by atoms with Gasteiger partial charge in [0.2, 0.25) is 0 Å². The first-order valence-corrected chi connectivity index (χ1v) is 6.31. The van der Waals surface area contributed by atoms with Gasteiger partial charge in [0.1, 0.15) is 5.82 Å². The van der Waals surface area contributed by atoms with Crippen LogP contribution in [0.5, 0.6) is 0 Å². The third-order valence-corrected chi connectivity index (χ3v) is 3.37. The van der Waals surface area contributed by atoms with Crippen molar-refractivity contribution in [2.45, 2.75) is 20.0 Å².